The summed E-state index contributed by atoms with van der Waals surface area (Å²) in [5.74, 6) is 0.102. The van der Waals surface area contributed by atoms with Crippen LogP contribution in [0.25, 0.3) is 0 Å². The number of carbonyl (C=O) groups is 1. The fourth-order valence-electron chi connectivity index (χ4n) is 0.618. The first-order chi connectivity index (χ1) is 4.35. The normalized spacial score (nSPS) is 12.0. The van der Waals surface area contributed by atoms with Crippen LogP contribution < -0.4 is 0 Å². The highest BCUT2D eigenvalue weighted by molar-refractivity contribution is 5.53. The Labute approximate surface area is 55.5 Å². The number of hydrogen-bond acceptors (Lipinski definition) is 2. The van der Waals surface area contributed by atoms with Crippen LogP contribution in [-0.4, -0.2) is 6.29 Å². The largest absolute Gasteiger partial charge is 0.303 e. The molecule has 0 saturated carbocycles. The highest BCUT2D eigenvalue weighted by atomic mass is 16.1. The molecule has 0 aliphatic carbocycles. The first kappa shape index (κ1) is 8.16. The molecule has 0 N–H and O–H groups in total. The van der Waals surface area contributed by atoms with Crippen LogP contribution in [0.2, 0.25) is 0 Å². The topological polar surface area (TPSA) is 40.9 Å². The Balaban J connectivity index is 3.33. The maximum Gasteiger partial charge on any atom is 0.123 e. The molecule has 2 heteroatoms. The molecule has 0 unspecified atom stereocenters. The second-order valence-electron chi connectivity index (χ2n) is 2.00. The van der Waals surface area contributed by atoms with Gasteiger partial charge in [-0.05, 0) is 12.8 Å². The molecule has 0 aromatic heterocycles. The lowest BCUT2D eigenvalue weighted by atomic mass is 10.0. The zero-order chi connectivity index (χ0) is 7.11. The van der Waals surface area contributed by atoms with Gasteiger partial charge in [0.05, 0.1) is 6.07 Å². The predicted molar refractivity (Wildman–Crippen MR) is 34.7 cm³/mol. The maximum absolute atomic E-state index is 10.1. The van der Waals surface area contributed by atoms with Crippen LogP contribution in [-0.2, 0) is 4.79 Å². The van der Waals surface area contributed by atoms with Crippen molar-refractivity contribution < 1.29 is 4.79 Å². The lowest BCUT2D eigenvalue weighted by molar-refractivity contribution is -0.111. The molecule has 9 heavy (non-hydrogen) atoms. The summed E-state index contributed by atoms with van der Waals surface area (Å²) in [4.78, 5) is 10.1. The average Bonchev–Trinajstić information content (AvgIpc) is 1.91. The molecule has 0 amide bonds. The van der Waals surface area contributed by atoms with Crippen LogP contribution in [0.1, 0.15) is 26.2 Å². The van der Waals surface area contributed by atoms with Crippen LogP contribution in [0.3, 0.4) is 0 Å². The maximum atomic E-state index is 10.1. The van der Waals surface area contributed by atoms with Gasteiger partial charge >= 0.3 is 0 Å². The third-order valence-corrected chi connectivity index (χ3v) is 1.34. The van der Waals surface area contributed by atoms with E-state index in [4.69, 9.17) is 5.26 Å². The monoisotopic (exact) mass is 125 g/mol. The van der Waals surface area contributed by atoms with Crippen molar-refractivity contribution in [2.24, 2.45) is 5.92 Å². The van der Waals surface area contributed by atoms with Gasteiger partial charge in [0.2, 0.25) is 0 Å². The minimum Gasteiger partial charge on any atom is -0.303 e. The molecule has 0 saturated heterocycles. The average molecular weight is 125 g/mol. The molecule has 0 aromatic rings. The summed E-state index contributed by atoms with van der Waals surface area (Å²) in [6.45, 7) is 1.95. The van der Waals surface area contributed by atoms with Crippen LogP contribution in [0.15, 0.2) is 0 Å². The first-order valence-electron chi connectivity index (χ1n) is 3.17. The molecule has 50 valence electrons. The second kappa shape index (κ2) is 5.30. The molecule has 0 radical (unpaired) electrons. The van der Waals surface area contributed by atoms with Crippen molar-refractivity contribution in [3.63, 3.8) is 0 Å². The number of nitrogens with zero attached hydrogens (tertiary/aromatic N) is 1. The minimum absolute atomic E-state index is 0.102. The lowest BCUT2D eigenvalue weighted by Gasteiger charge is -2.00. The molecule has 0 rings (SSSR count). The van der Waals surface area contributed by atoms with E-state index in [1.165, 1.54) is 0 Å². The first-order valence-corrected chi connectivity index (χ1v) is 3.17. The van der Waals surface area contributed by atoms with Gasteiger partial charge in [0.1, 0.15) is 6.29 Å². The van der Waals surface area contributed by atoms with Crippen molar-refractivity contribution in [1.82, 2.24) is 0 Å². The van der Waals surface area contributed by atoms with Gasteiger partial charge in [-0.3, -0.25) is 0 Å². The summed E-state index contributed by atoms with van der Waals surface area (Å²) in [7, 11) is 0. The Kier molecular flexibility index (Phi) is 4.81. The van der Waals surface area contributed by atoms with Crippen molar-refractivity contribution in [3.05, 3.63) is 0 Å². The summed E-state index contributed by atoms with van der Waals surface area (Å²) >= 11 is 0. The number of aldehydes is 1. The molecular formula is C7H11NO. The van der Waals surface area contributed by atoms with Gasteiger partial charge in [-0.1, -0.05) is 6.92 Å². The summed E-state index contributed by atoms with van der Waals surface area (Å²) < 4.78 is 0. The van der Waals surface area contributed by atoms with Crippen LogP contribution >= 0.6 is 0 Å². The van der Waals surface area contributed by atoms with Crippen molar-refractivity contribution in [2.45, 2.75) is 26.2 Å². The van der Waals surface area contributed by atoms with Gasteiger partial charge < -0.3 is 4.79 Å². The minimum atomic E-state index is 0.102. The van der Waals surface area contributed by atoms with E-state index in [0.29, 0.717) is 6.42 Å². The lowest BCUT2D eigenvalue weighted by Crippen LogP contribution is -1.98. The van der Waals surface area contributed by atoms with Gasteiger partial charge in [0, 0.05) is 12.3 Å². The fraction of sp³-hybridized carbons (Fsp3) is 0.714. The number of carbonyl (C=O) groups excluding carboxylic acids is 1. The molecule has 0 aliphatic rings. The molecule has 0 aliphatic heterocycles. The summed E-state index contributed by atoms with van der Waals surface area (Å²) in [5.41, 5.74) is 0. The van der Waals surface area contributed by atoms with Gasteiger partial charge in [0.25, 0.3) is 0 Å². The Morgan fingerprint density at radius 1 is 1.78 bits per heavy atom. The highest BCUT2D eigenvalue weighted by Crippen LogP contribution is 2.05. The van der Waals surface area contributed by atoms with Crippen LogP contribution in [0, 0.1) is 17.2 Å². The van der Waals surface area contributed by atoms with E-state index in [-0.39, 0.29) is 5.92 Å². The number of rotatable bonds is 4. The number of hydrogen-bond donors (Lipinski definition) is 0. The Hall–Kier alpha value is -0.840. The van der Waals surface area contributed by atoms with Gasteiger partial charge in [-0.2, -0.15) is 5.26 Å². The molecule has 0 fully saturated rings. The molecule has 0 bridgehead atoms. The van der Waals surface area contributed by atoms with E-state index in [1.807, 2.05) is 13.0 Å². The van der Waals surface area contributed by atoms with E-state index < -0.39 is 0 Å². The van der Waals surface area contributed by atoms with Crippen molar-refractivity contribution in [1.29, 1.82) is 5.26 Å². The third kappa shape index (κ3) is 3.72. The molecule has 0 heterocycles. The highest BCUT2D eigenvalue weighted by Gasteiger charge is 2.01. The zero-order valence-electron chi connectivity index (χ0n) is 5.63. The van der Waals surface area contributed by atoms with Crippen molar-refractivity contribution >= 4 is 6.29 Å². The standard InChI is InChI=1S/C7H11NO/c1-2-7(6-9)4-3-5-8/h6-7H,2-4H2,1H3/t7-/m1/s1. The van der Waals surface area contributed by atoms with Crippen molar-refractivity contribution in [3.8, 4) is 6.07 Å². The molecule has 0 aromatic carbocycles. The van der Waals surface area contributed by atoms with Crippen LogP contribution in [0.5, 0.6) is 0 Å². The Bertz CT molecular complexity index is 115. The second-order valence-corrected chi connectivity index (χ2v) is 2.00. The molecular weight excluding hydrogens is 114 g/mol. The smallest absolute Gasteiger partial charge is 0.123 e. The van der Waals surface area contributed by atoms with E-state index in [2.05, 4.69) is 0 Å². The Morgan fingerprint density at radius 2 is 2.44 bits per heavy atom. The van der Waals surface area contributed by atoms with Crippen molar-refractivity contribution in [2.75, 3.05) is 0 Å². The van der Waals surface area contributed by atoms with E-state index in [1.54, 1.807) is 0 Å². The van der Waals surface area contributed by atoms with Gasteiger partial charge in [-0.15, -0.1) is 0 Å². The fourth-order valence-corrected chi connectivity index (χ4v) is 0.618. The predicted octanol–water partition coefficient (Wildman–Crippen LogP) is 1.52. The Morgan fingerprint density at radius 3 is 2.78 bits per heavy atom. The molecule has 1 atom stereocenters. The van der Waals surface area contributed by atoms with E-state index in [0.717, 1.165) is 19.1 Å². The molecule has 0 spiro atoms. The SMILES string of the molecule is CC[C@@H](C=O)CCC#N. The van der Waals surface area contributed by atoms with E-state index >= 15 is 0 Å². The van der Waals surface area contributed by atoms with E-state index in [9.17, 15) is 4.79 Å². The zero-order valence-corrected chi connectivity index (χ0v) is 5.63. The summed E-state index contributed by atoms with van der Waals surface area (Å²) in [5, 5.41) is 8.14. The molecule has 2 nitrogen and oxygen atoms in total. The summed E-state index contributed by atoms with van der Waals surface area (Å²) in [6, 6.07) is 2.01. The summed E-state index contributed by atoms with van der Waals surface area (Å²) in [6.07, 6.45) is 3.00. The van der Waals surface area contributed by atoms with Gasteiger partial charge in [-0.25, -0.2) is 0 Å². The number of nitriles is 1. The van der Waals surface area contributed by atoms with Crippen LogP contribution in [0.4, 0.5) is 0 Å². The van der Waals surface area contributed by atoms with Gasteiger partial charge in [0.15, 0.2) is 0 Å². The third-order valence-electron chi connectivity index (χ3n) is 1.34. The quantitative estimate of drug-likeness (QED) is 0.534.